The standard InChI is InChI=1S/C12H17N4/c1-3-12(15-6-4-13-5-7-15)16-10-8-14(2)9-11-16/h4-6,8-11H,3,7H2,1-2H3. The van der Waals surface area contributed by atoms with Gasteiger partial charge in [0.1, 0.15) is 0 Å². The number of aliphatic imine (C=N–C) groups is 1. The molecule has 0 fully saturated rings. The van der Waals surface area contributed by atoms with Gasteiger partial charge in [-0.1, -0.05) is 6.92 Å². The van der Waals surface area contributed by atoms with Gasteiger partial charge in [-0.3, -0.25) is 4.99 Å². The van der Waals surface area contributed by atoms with Crippen molar-refractivity contribution in [2.24, 2.45) is 4.99 Å². The van der Waals surface area contributed by atoms with Crippen LogP contribution in [0.25, 0.3) is 0 Å². The zero-order valence-corrected chi connectivity index (χ0v) is 9.74. The first-order valence-corrected chi connectivity index (χ1v) is 5.49. The third kappa shape index (κ3) is 2.27. The van der Waals surface area contributed by atoms with Crippen LogP contribution in [0.2, 0.25) is 0 Å². The molecule has 0 unspecified atom stereocenters. The van der Waals surface area contributed by atoms with Crippen molar-refractivity contribution < 1.29 is 0 Å². The summed E-state index contributed by atoms with van der Waals surface area (Å²) in [6.45, 7) is 3.00. The van der Waals surface area contributed by atoms with Gasteiger partial charge in [-0.2, -0.15) is 0 Å². The quantitative estimate of drug-likeness (QED) is 0.721. The van der Waals surface area contributed by atoms with Gasteiger partial charge in [-0.15, -0.1) is 0 Å². The second-order valence-corrected chi connectivity index (χ2v) is 3.72. The van der Waals surface area contributed by atoms with Crippen LogP contribution in [-0.4, -0.2) is 34.5 Å². The SMILES string of the molecule is CC[C](N1C=CN(C)C=C1)N1C=CN=CC1. The minimum absolute atomic E-state index is 0.841. The van der Waals surface area contributed by atoms with E-state index >= 15 is 0 Å². The van der Waals surface area contributed by atoms with Crippen LogP contribution in [0.3, 0.4) is 0 Å². The lowest BCUT2D eigenvalue weighted by Gasteiger charge is -2.36. The summed E-state index contributed by atoms with van der Waals surface area (Å²) in [7, 11) is 2.02. The van der Waals surface area contributed by atoms with Crippen LogP contribution in [0.5, 0.6) is 0 Å². The molecular formula is C12H17N4. The topological polar surface area (TPSA) is 22.1 Å². The van der Waals surface area contributed by atoms with Crippen LogP contribution in [0, 0.1) is 6.17 Å². The van der Waals surface area contributed by atoms with Gasteiger partial charge < -0.3 is 14.7 Å². The van der Waals surface area contributed by atoms with Gasteiger partial charge in [-0.25, -0.2) is 0 Å². The van der Waals surface area contributed by atoms with Crippen LogP contribution in [0.4, 0.5) is 0 Å². The second kappa shape index (κ2) is 4.88. The Bertz CT molecular complexity index is 329. The number of rotatable bonds is 3. The van der Waals surface area contributed by atoms with Gasteiger partial charge in [0.25, 0.3) is 0 Å². The highest BCUT2D eigenvalue weighted by Crippen LogP contribution is 2.22. The Kier molecular flexibility index (Phi) is 3.29. The minimum atomic E-state index is 0.841. The molecule has 0 amide bonds. The molecule has 2 aliphatic heterocycles. The van der Waals surface area contributed by atoms with Crippen molar-refractivity contribution in [2.45, 2.75) is 13.3 Å². The summed E-state index contributed by atoms with van der Waals surface area (Å²) in [6, 6.07) is 0. The average Bonchev–Trinajstić information content (AvgIpc) is 2.34. The number of hydrogen-bond donors (Lipinski definition) is 0. The van der Waals surface area contributed by atoms with E-state index in [0.717, 1.165) is 13.0 Å². The fourth-order valence-corrected chi connectivity index (χ4v) is 1.73. The lowest BCUT2D eigenvalue weighted by atomic mass is 10.3. The van der Waals surface area contributed by atoms with Gasteiger partial charge in [0.05, 0.1) is 6.54 Å². The molecule has 0 saturated carbocycles. The van der Waals surface area contributed by atoms with E-state index in [2.05, 4.69) is 34.1 Å². The van der Waals surface area contributed by atoms with Crippen molar-refractivity contribution >= 4 is 6.21 Å². The summed E-state index contributed by atoms with van der Waals surface area (Å²) in [4.78, 5) is 10.4. The Morgan fingerprint density at radius 3 is 2.50 bits per heavy atom. The first kappa shape index (κ1) is 10.8. The summed E-state index contributed by atoms with van der Waals surface area (Å²) < 4.78 is 0. The molecule has 4 heteroatoms. The molecule has 0 bridgehead atoms. The van der Waals surface area contributed by atoms with E-state index in [1.807, 2.05) is 43.0 Å². The molecule has 0 aliphatic carbocycles. The Hall–Kier alpha value is -1.71. The van der Waals surface area contributed by atoms with Gasteiger partial charge in [-0.05, 0) is 6.42 Å². The summed E-state index contributed by atoms with van der Waals surface area (Å²) in [5, 5.41) is 0. The lowest BCUT2D eigenvalue weighted by Crippen LogP contribution is -2.36. The molecule has 1 radical (unpaired) electrons. The molecule has 2 rings (SSSR count). The van der Waals surface area contributed by atoms with Crippen molar-refractivity contribution in [1.82, 2.24) is 14.7 Å². The molecule has 0 spiro atoms. The first-order chi connectivity index (χ1) is 7.81. The van der Waals surface area contributed by atoms with Gasteiger partial charge in [0.15, 0.2) is 6.17 Å². The maximum atomic E-state index is 4.08. The molecule has 0 saturated heterocycles. The summed E-state index contributed by atoms with van der Waals surface area (Å²) in [5.41, 5.74) is 0. The predicted molar refractivity (Wildman–Crippen MR) is 65.8 cm³/mol. The largest absolute Gasteiger partial charge is 0.354 e. The van der Waals surface area contributed by atoms with Crippen molar-refractivity contribution in [3.05, 3.63) is 43.4 Å². The molecule has 0 aromatic rings. The Balaban J connectivity index is 2.05. The zero-order chi connectivity index (χ0) is 11.4. The fraction of sp³-hybridized carbons (Fsp3) is 0.333. The van der Waals surface area contributed by atoms with Crippen molar-refractivity contribution in [1.29, 1.82) is 0 Å². The normalized spacial score (nSPS) is 19.1. The molecule has 0 atom stereocenters. The second-order valence-electron chi connectivity index (χ2n) is 3.72. The molecule has 0 aromatic heterocycles. The van der Waals surface area contributed by atoms with Crippen molar-refractivity contribution in [2.75, 3.05) is 13.6 Å². The van der Waals surface area contributed by atoms with Crippen LogP contribution >= 0.6 is 0 Å². The molecule has 0 N–H and O–H groups in total. The monoisotopic (exact) mass is 217 g/mol. The lowest BCUT2D eigenvalue weighted by molar-refractivity contribution is 0.275. The third-order valence-electron chi connectivity index (χ3n) is 2.59. The smallest absolute Gasteiger partial charge is 0.159 e. The Morgan fingerprint density at radius 2 is 1.94 bits per heavy atom. The molecule has 85 valence electrons. The van der Waals surface area contributed by atoms with Gasteiger partial charge >= 0.3 is 0 Å². The minimum Gasteiger partial charge on any atom is -0.354 e. The summed E-state index contributed by atoms with van der Waals surface area (Å²) in [5.74, 6) is 0. The van der Waals surface area contributed by atoms with E-state index in [0.29, 0.717) is 0 Å². The molecular weight excluding hydrogens is 200 g/mol. The number of nitrogens with zero attached hydrogens (tertiary/aromatic N) is 4. The molecule has 2 aliphatic rings. The highest BCUT2D eigenvalue weighted by Gasteiger charge is 2.20. The highest BCUT2D eigenvalue weighted by atomic mass is 15.3. The van der Waals surface area contributed by atoms with Gasteiger partial charge in [0.2, 0.25) is 0 Å². The first-order valence-electron chi connectivity index (χ1n) is 5.49. The van der Waals surface area contributed by atoms with Gasteiger partial charge in [0, 0.05) is 50.5 Å². The maximum absolute atomic E-state index is 4.08. The summed E-state index contributed by atoms with van der Waals surface area (Å²) >= 11 is 0. The summed E-state index contributed by atoms with van der Waals surface area (Å²) in [6.07, 6.45) is 16.2. The van der Waals surface area contributed by atoms with Crippen LogP contribution in [0.15, 0.2) is 42.2 Å². The highest BCUT2D eigenvalue weighted by molar-refractivity contribution is 5.62. The van der Waals surface area contributed by atoms with Crippen LogP contribution in [-0.2, 0) is 0 Å². The number of hydrogen-bond acceptors (Lipinski definition) is 4. The van der Waals surface area contributed by atoms with Crippen molar-refractivity contribution in [3.63, 3.8) is 0 Å². The molecule has 16 heavy (non-hydrogen) atoms. The molecule has 4 nitrogen and oxygen atoms in total. The van der Waals surface area contributed by atoms with E-state index in [1.54, 1.807) is 0 Å². The predicted octanol–water partition coefficient (Wildman–Crippen LogP) is 1.93. The van der Waals surface area contributed by atoms with E-state index in [4.69, 9.17) is 0 Å². The van der Waals surface area contributed by atoms with E-state index in [9.17, 15) is 0 Å². The Labute approximate surface area is 96.8 Å². The average molecular weight is 217 g/mol. The third-order valence-corrected chi connectivity index (χ3v) is 2.59. The van der Waals surface area contributed by atoms with Crippen LogP contribution < -0.4 is 0 Å². The zero-order valence-electron chi connectivity index (χ0n) is 9.74. The van der Waals surface area contributed by atoms with E-state index in [1.165, 1.54) is 6.17 Å². The van der Waals surface area contributed by atoms with Crippen LogP contribution in [0.1, 0.15) is 13.3 Å². The maximum Gasteiger partial charge on any atom is 0.159 e. The van der Waals surface area contributed by atoms with E-state index < -0.39 is 0 Å². The Morgan fingerprint density at radius 1 is 1.19 bits per heavy atom. The molecule has 0 aromatic carbocycles. The molecule has 2 heterocycles. The van der Waals surface area contributed by atoms with E-state index in [-0.39, 0.29) is 0 Å². The van der Waals surface area contributed by atoms with Crippen molar-refractivity contribution in [3.8, 4) is 0 Å². The fourth-order valence-electron chi connectivity index (χ4n) is 1.73.